The van der Waals surface area contributed by atoms with E-state index in [1.54, 1.807) is 0 Å². The fraction of sp³-hybridized carbons (Fsp3) is 0. The summed E-state index contributed by atoms with van der Waals surface area (Å²) < 4.78 is 248. The van der Waals surface area contributed by atoms with Gasteiger partial charge >= 0.3 is 0 Å². The van der Waals surface area contributed by atoms with Gasteiger partial charge in [0.1, 0.15) is 0 Å². The first kappa shape index (κ1) is 8.95. The van der Waals surface area contributed by atoms with Gasteiger partial charge in [-0.25, -0.2) is 0 Å². The molecule has 8 rings (SSSR count). The number of anilines is 3. The third-order valence-electron chi connectivity index (χ3n) is 6.18. The fourth-order valence-electron chi connectivity index (χ4n) is 4.45. The van der Waals surface area contributed by atoms with Gasteiger partial charge in [-0.05, 0) is 76.9 Å². The van der Waals surface area contributed by atoms with Gasteiger partial charge in [0.05, 0.1) is 55.1 Å². The molecule has 2 heteroatoms. The van der Waals surface area contributed by atoms with E-state index < -0.39 is 236 Å². The Hall–Kier alpha value is -5.60. The second kappa shape index (κ2) is 10.1. The normalized spacial score (nSPS) is 20.7. The third-order valence-corrected chi connectivity index (χ3v) is 6.18. The average molecular weight is 565 g/mol. The van der Waals surface area contributed by atoms with Crippen molar-refractivity contribution in [2.75, 3.05) is 4.90 Å². The Bertz CT molecular complexity index is 3700. The molecule has 1 heterocycles. The van der Waals surface area contributed by atoms with Crippen molar-refractivity contribution in [1.29, 1.82) is 0 Å². The quantitative estimate of drug-likeness (QED) is 0.202. The molecule has 0 bridgehead atoms. The molecule has 0 amide bonds. The Labute approximate surface area is 284 Å². The number of para-hydroxylation sites is 3. The Kier molecular flexibility index (Phi) is 2.15. The second-order valence-electron chi connectivity index (χ2n) is 8.51. The first-order valence-corrected chi connectivity index (χ1v) is 12.1. The molecule has 0 fully saturated rings. The molecule has 1 aromatic heterocycles. The number of hydrogen-bond acceptors (Lipinski definition) is 1. The van der Waals surface area contributed by atoms with E-state index in [2.05, 4.69) is 0 Å². The van der Waals surface area contributed by atoms with E-state index in [1.807, 2.05) is 0 Å². The summed E-state index contributed by atoms with van der Waals surface area (Å²) in [5, 5.41) is -2.79. The lowest BCUT2D eigenvalue weighted by atomic mass is 10.0. The standard InChI is InChI=1S/C40H28N2/c1-3-16-32(17-4-1)41(38-24-12-14-29-13-7-8-21-35(29)38)34-20-11-15-30(27-34)31-25-26-40-37(28-31)36-22-9-10-23-39(36)42(40)33-18-5-2-6-19-33/h1-28H/i1D,2D,3D,4D,5D,6D,7D,8D,9D,10D,11D,12D,13D,14D,15D,16D,17D,18D,19D,20D,21D,22D,23D,24D,25D,26D,27D,28D. The van der Waals surface area contributed by atoms with E-state index in [0.717, 1.165) is 0 Å². The average Bonchev–Trinajstić information content (AvgIpc) is 3.68. The van der Waals surface area contributed by atoms with Crippen LogP contribution in [0.4, 0.5) is 17.1 Å². The van der Waals surface area contributed by atoms with E-state index in [1.165, 1.54) is 0 Å². The summed E-state index contributed by atoms with van der Waals surface area (Å²) in [7, 11) is 0. The maximum Gasteiger partial charge on any atom is 0.0651 e. The van der Waals surface area contributed by atoms with Crippen LogP contribution in [0.1, 0.15) is 38.4 Å². The van der Waals surface area contributed by atoms with Crippen molar-refractivity contribution < 1.29 is 38.4 Å². The number of aromatic nitrogens is 1. The van der Waals surface area contributed by atoms with Crippen LogP contribution in [-0.4, -0.2) is 4.57 Å². The maximum absolute atomic E-state index is 9.79. The maximum atomic E-state index is 9.79. The van der Waals surface area contributed by atoms with Crippen LogP contribution in [0, 0.1) is 0 Å². The van der Waals surface area contributed by atoms with Crippen LogP contribution in [0.25, 0.3) is 49.4 Å². The molecular weight excluding hydrogens is 508 g/mol. The molecule has 8 aromatic rings. The predicted molar refractivity (Wildman–Crippen MR) is 178 cm³/mol. The molecule has 0 aliphatic rings. The highest BCUT2D eigenvalue weighted by Crippen LogP contribution is 2.41. The van der Waals surface area contributed by atoms with Crippen molar-refractivity contribution in [3.63, 3.8) is 0 Å². The summed E-state index contributed by atoms with van der Waals surface area (Å²) in [6.07, 6.45) is 0. The summed E-state index contributed by atoms with van der Waals surface area (Å²) in [5.41, 5.74) is -7.12. The lowest BCUT2D eigenvalue weighted by Gasteiger charge is -2.27. The van der Waals surface area contributed by atoms with Gasteiger partial charge in [-0.15, -0.1) is 0 Å². The SMILES string of the molecule is [2H]c1c([2H])c([2H])c(N(c2c([2H])c([2H])c([2H])c(-c3c([2H])c([2H])c4c(c3[2H])c3c([2H])c([2H])c([2H])c([2H])c3n4-c3c([2H])c([2H])c([2H])c([2H])c3[2H])c2[2H])c2c([2H])c([2H])c([2H])c3c([2H])c([2H])c([2H])c([2H])c23)c([2H])c1[2H]. The first-order valence-electron chi connectivity index (χ1n) is 26.1. The van der Waals surface area contributed by atoms with E-state index in [4.69, 9.17) is 30.2 Å². The van der Waals surface area contributed by atoms with Crippen LogP contribution < -0.4 is 4.90 Å². The highest BCUT2D eigenvalue weighted by atomic mass is 15.1. The van der Waals surface area contributed by atoms with E-state index in [-0.39, 0.29) is 0 Å². The molecule has 0 aliphatic carbocycles. The molecule has 198 valence electrons. The zero-order valence-electron chi connectivity index (χ0n) is 48.9. The molecule has 0 saturated heterocycles. The van der Waals surface area contributed by atoms with Crippen molar-refractivity contribution in [1.82, 2.24) is 4.57 Å². The fourth-order valence-corrected chi connectivity index (χ4v) is 4.45. The van der Waals surface area contributed by atoms with Crippen LogP contribution in [0.2, 0.25) is 0 Å². The highest BCUT2D eigenvalue weighted by Gasteiger charge is 2.17. The minimum Gasteiger partial charge on any atom is -0.310 e. The summed E-state index contributed by atoms with van der Waals surface area (Å²) in [6, 6.07) is -28.3. The van der Waals surface area contributed by atoms with Crippen molar-refractivity contribution in [2.45, 2.75) is 0 Å². The minimum absolute atomic E-state index is 0.405. The number of nitrogens with zero attached hydrogens (tertiary/aromatic N) is 2. The molecule has 0 spiro atoms. The van der Waals surface area contributed by atoms with Gasteiger partial charge in [-0.2, -0.15) is 0 Å². The molecule has 0 saturated carbocycles. The van der Waals surface area contributed by atoms with E-state index in [0.29, 0.717) is 9.47 Å². The molecule has 0 N–H and O–H groups in total. The van der Waals surface area contributed by atoms with Crippen molar-refractivity contribution in [3.05, 3.63) is 169 Å². The van der Waals surface area contributed by atoms with Gasteiger partial charge in [0.2, 0.25) is 0 Å². The largest absolute Gasteiger partial charge is 0.310 e. The monoisotopic (exact) mass is 564 g/mol. The summed E-state index contributed by atoms with van der Waals surface area (Å²) in [5.74, 6) is 0. The molecule has 0 unspecified atom stereocenters. The second-order valence-corrected chi connectivity index (χ2v) is 8.51. The van der Waals surface area contributed by atoms with Gasteiger partial charge in [0.15, 0.2) is 0 Å². The van der Waals surface area contributed by atoms with Gasteiger partial charge in [-0.3, -0.25) is 0 Å². The summed E-state index contributed by atoms with van der Waals surface area (Å²) in [6.45, 7) is 0. The Morgan fingerprint density at radius 1 is 0.429 bits per heavy atom. The van der Waals surface area contributed by atoms with E-state index in [9.17, 15) is 8.22 Å². The predicted octanol–water partition coefficient (Wildman–Crippen LogP) is 11.1. The molecule has 2 nitrogen and oxygen atoms in total. The van der Waals surface area contributed by atoms with Gasteiger partial charge in [0.25, 0.3) is 0 Å². The third kappa shape index (κ3) is 4.05. The Morgan fingerprint density at radius 3 is 1.90 bits per heavy atom. The van der Waals surface area contributed by atoms with Gasteiger partial charge in [-0.1, -0.05) is 109 Å². The summed E-state index contributed by atoms with van der Waals surface area (Å²) in [4.78, 5) is 0.405. The number of benzene rings is 7. The van der Waals surface area contributed by atoms with Crippen LogP contribution in [0.3, 0.4) is 0 Å². The van der Waals surface area contributed by atoms with Crippen molar-refractivity contribution in [3.8, 4) is 16.8 Å². The van der Waals surface area contributed by atoms with Crippen LogP contribution >= 0.6 is 0 Å². The smallest absolute Gasteiger partial charge is 0.0651 e. The lowest BCUT2D eigenvalue weighted by Crippen LogP contribution is -2.10. The topological polar surface area (TPSA) is 8.17 Å². The molecular formula is C40H28N2. The number of rotatable bonds is 5. The zero-order valence-corrected chi connectivity index (χ0v) is 20.9. The molecule has 7 aromatic carbocycles. The minimum atomic E-state index is -1.23. The summed E-state index contributed by atoms with van der Waals surface area (Å²) >= 11 is 0. The Balaban J connectivity index is 1.65. The highest BCUT2D eigenvalue weighted by molar-refractivity contribution is 6.10. The van der Waals surface area contributed by atoms with Crippen molar-refractivity contribution in [2.24, 2.45) is 0 Å². The van der Waals surface area contributed by atoms with Gasteiger partial charge in [0, 0.05) is 33.2 Å². The van der Waals surface area contributed by atoms with Crippen LogP contribution in [0.5, 0.6) is 0 Å². The van der Waals surface area contributed by atoms with E-state index >= 15 is 0 Å². The molecule has 0 atom stereocenters. The molecule has 42 heavy (non-hydrogen) atoms. The Morgan fingerprint density at radius 2 is 1.05 bits per heavy atom. The molecule has 0 radical (unpaired) electrons. The lowest BCUT2D eigenvalue weighted by molar-refractivity contribution is 1.18. The zero-order chi connectivity index (χ0) is 52.2. The number of fused-ring (bicyclic) bond motifs is 4. The number of hydrogen-bond donors (Lipinski definition) is 0. The first-order chi connectivity index (χ1) is 32.5. The van der Waals surface area contributed by atoms with Crippen LogP contribution in [0.15, 0.2) is 169 Å². The van der Waals surface area contributed by atoms with Crippen molar-refractivity contribution >= 4 is 49.6 Å². The van der Waals surface area contributed by atoms with Crippen LogP contribution in [-0.2, 0) is 0 Å². The van der Waals surface area contributed by atoms with Gasteiger partial charge < -0.3 is 9.47 Å². The molecule has 0 aliphatic heterocycles.